The molecular formula is C10H19N3. The van der Waals surface area contributed by atoms with Crippen LogP contribution in [0.15, 0.2) is 0 Å². The van der Waals surface area contributed by atoms with Crippen LogP contribution in [-0.4, -0.2) is 16.8 Å². The van der Waals surface area contributed by atoms with Gasteiger partial charge in [-0.15, -0.1) is 0 Å². The summed E-state index contributed by atoms with van der Waals surface area (Å²) in [5, 5.41) is 7.71. The summed E-state index contributed by atoms with van der Waals surface area (Å²) in [6, 6.07) is 0.439. The van der Waals surface area contributed by atoms with Crippen LogP contribution < -0.4 is 5.32 Å². The molecule has 0 saturated carbocycles. The molecule has 0 spiro atoms. The lowest BCUT2D eigenvalue weighted by molar-refractivity contribution is 0.570. The Morgan fingerprint density at radius 3 is 2.38 bits per heavy atom. The maximum atomic E-state index is 4.40. The molecular weight excluding hydrogens is 162 g/mol. The second-order valence-electron chi connectivity index (χ2n) is 3.46. The van der Waals surface area contributed by atoms with Gasteiger partial charge in [-0.3, -0.25) is 4.68 Å². The first-order valence-electron chi connectivity index (χ1n) is 4.79. The number of hydrogen-bond donors (Lipinski definition) is 1. The Kier molecular flexibility index (Phi) is 3.09. The largest absolute Gasteiger partial charge is 0.313 e. The van der Waals surface area contributed by atoms with Crippen LogP contribution in [-0.2, 0) is 7.05 Å². The Hall–Kier alpha value is -0.830. The number of rotatable bonds is 3. The molecule has 3 nitrogen and oxygen atoms in total. The Balaban J connectivity index is 3.11. The summed E-state index contributed by atoms with van der Waals surface area (Å²) in [4.78, 5) is 0. The van der Waals surface area contributed by atoms with Crippen LogP contribution in [0.4, 0.5) is 0 Å². The minimum absolute atomic E-state index is 0.439. The van der Waals surface area contributed by atoms with E-state index in [0.29, 0.717) is 6.04 Å². The zero-order valence-electron chi connectivity index (χ0n) is 9.18. The zero-order valence-corrected chi connectivity index (χ0v) is 9.18. The van der Waals surface area contributed by atoms with Gasteiger partial charge >= 0.3 is 0 Å². The van der Waals surface area contributed by atoms with Gasteiger partial charge in [-0.05, 0) is 27.3 Å². The predicted molar refractivity (Wildman–Crippen MR) is 54.8 cm³/mol. The van der Waals surface area contributed by atoms with Gasteiger partial charge in [0, 0.05) is 24.3 Å². The molecule has 0 aliphatic carbocycles. The normalized spacial score (nSPS) is 13.3. The predicted octanol–water partition coefficient (Wildman–Crippen LogP) is 1.71. The third kappa shape index (κ3) is 1.75. The van der Waals surface area contributed by atoms with Gasteiger partial charge in [0.2, 0.25) is 0 Å². The number of nitrogens with zero attached hydrogens (tertiary/aromatic N) is 2. The lowest BCUT2D eigenvalue weighted by Crippen LogP contribution is -2.16. The van der Waals surface area contributed by atoms with Crippen molar-refractivity contribution in [1.82, 2.24) is 15.1 Å². The van der Waals surface area contributed by atoms with Crippen LogP contribution in [0.1, 0.15) is 36.3 Å². The maximum Gasteiger partial charge on any atom is 0.0644 e. The second-order valence-corrected chi connectivity index (χ2v) is 3.46. The third-order valence-electron chi connectivity index (χ3n) is 2.67. The molecule has 0 aromatic carbocycles. The van der Waals surface area contributed by atoms with Gasteiger partial charge in [0.1, 0.15) is 0 Å². The van der Waals surface area contributed by atoms with E-state index in [1.54, 1.807) is 0 Å². The van der Waals surface area contributed by atoms with Crippen molar-refractivity contribution in [2.24, 2.45) is 7.05 Å². The summed E-state index contributed by atoms with van der Waals surface area (Å²) in [5.74, 6) is 0. The van der Waals surface area contributed by atoms with Crippen LogP contribution in [0.2, 0.25) is 0 Å². The second kappa shape index (κ2) is 3.92. The number of aromatic nitrogens is 2. The maximum absolute atomic E-state index is 4.40. The molecule has 0 aliphatic rings. The van der Waals surface area contributed by atoms with Crippen molar-refractivity contribution < 1.29 is 0 Å². The molecule has 1 rings (SSSR count). The molecule has 1 aromatic heterocycles. The van der Waals surface area contributed by atoms with Crippen LogP contribution in [0.25, 0.3) is 0 Å². The van der Waals surface area contributed by atoms with Gasteiger partial charge in [0.15, 0.2) is 0 Å². The van der Waals surface area contributed by atoms with E-state index >= 15 is 0 Å². The zero-order chi connectivity index (χ0) is 10.0. The molecule has 1 unspecified atom stereocenters. The molecule has 13 heavy (non-hydrogen) atoms. The van der Waals surface area contributed by atoms with Gasteiger partial charge in [-0.1, -0.05) is 6.92 Å². The van der Waals surface area contributed by atoms with Crippen molar-refractivity contribution in [3.8, 4) is 0 Å². The fraction of sp³-hybridized carbons (Fsp3) is 0.700. The SMILES string of the molecule is CCC(NC)c1c(C)nn(C)c1C. The van der Waals surface area contributed by atoms with E-state index in [0.717, 1.165) is 12.1 Å². The summed E-state index contributed by atoms with van der Waals surface area (Å²) in [7, 11) is 3.99. The quantitative estimate of drug-likeness (QED) is 0.769. The summed E-state index contributed by atoms with van der Waals surface area (Å²) >= 11 is 0. The Morgan fingerprint density at radius 1 is 1.46 bits per heavy atom. The molecule has 0 saturated heterocycles. The highest BCUT2D eigenvalue weighted by Crippen LogP contribution is 2.22. The summed E-state index contributed by atoms with van der Waals surface area (Å²) < 4.78 is 1.95. The van der Waals surface area contributed by atoms with Crippen molar-refractivity contribution in [2.45, 2.75) is 33.2 Å². The van der Waals surface area contributed by atoms with E-state index < -0.39 is 0 Å². The monoisotopic (exact) mass is 181 g/mol. The molecule has 1 aromatic rings. The lowest BCUT2D eigenvalue weighted by Gasteiger charge is -2.14. The van der Waals surface area contributed by atoms with E-state index in [1.165, 1.54) is 11.3 Å². The van der Waals surface area contributed by atoms with Crippen LogP contribution in [0, 0.1) is 13.8 Å². The average Bonchev–Trinajstić information content (AvgIpc) is 2.34. The Labute approximate surface area is 80.1 Å². The number of nitrogens with one attached hydrogen (secondary N) is 1. The Morgan fingerprint density at radius 2 is 2.08 bits per heavy atom. The van der Waals surface area contributed by atoms with Gasteiger partial charge in [-0.2, -0.15) is 5.10 Å². The van der Waals surface area contributed by atoms with E-state index in [9.17, 15) is 0 Å². The topological polar surface area (TPSA) is 29.9 Å². The van der Waals surface area contributed by atoms with Gasteiger partial charge in [-0.25, -0.2) is 0 Å². The minimum atomic E-state index is 0.439. The van der Waals surface area contributed by atoms with Crippen molar-refractivity contribution in [1.29, 1.82) is 0 Å². The molecule has 1 heterocycles. The molecule has 0 fully saturated rings. The van der Waals surface area contributed by atoms with Crippen molar-refractivity contribution in [3.05, 3.63) is 17.0 Å². The lowest BCUT2D eigenvalue weighted by atomic mass is 10.0. The molecule has 74 valence electrons. The Bertz CT molecular complexity index is 285. The summed E-state index contributed by atoms with van der Waals surface area (Å²) in [6.45, 7) is 6.38. The fourth-order valence-corrected chi connectivity index (χ4v) is 1.85. The highest BCUT2D eigenvalue weighted by molar-refractivity contribution is 5.27. The van der Waals surface area contributed by atoms with Gasteiger partial charge in [0.25, 0.3) is 0 Å². The molecule has 0 bridgehead atoms. The van der Waals surface area contributed by atoms with E-state index in [1.807, 2.05) is 18.8 Å². The smallest absolute Gasteiger partial charge is 0.0644 e. The fourth-order valence-electron chi connectivity index (χ4n) is 1.85. The summed E-state index contributed by atoms with van der Waals surface area (Å²) in [6.07, 6.45) is 1.10. The molecule has 1 N–H and O–H groups in total. The van der Waals surface area contributed by atoms with Crippen LogP contribution >= 0.6 is 0 Å². The highest BCUT2D eigenvalue weighted by atomic mass is 15.3. The van der Waals surface area contributed by atoms with E-state index in [4.69, 9.17) is 0 Å². The first-order chi connectivity index (χ1) is 6.11. The molecule has 0 aliphatic heterocycles. The standard InChI is InChI=1S/C10H19N3/c1-6-9(11-4)10-7(2)12-13(5)8(10)3/h9,11H,6H2,1-5H3. The van der Waals surface area contributed by atoms with E-state index in [2.05, 4.69) is 31.2 Å². The first-order valence-corrected chi connectivity index (χ1v) is 4.79. The summed E-state index contributed by atoms with van der Waals surface area (Å²) in [5.41, 5.74) is 3.76. The van der Waals surface area contributed by atoms with Crippen LogP contribution in [0.5, 0.6) is 0 Å². The number of hydrogen-bond acceptors (Lipinski definition) is 2. The van der Waals surface area contributed by atoms with Gasteiger partial charge in [0.05, 0.1) is 5.69 Å². The van der Waals surface area contributed by atoms with Crippen molar-refractivity contribution >= 4 is 0 Å². The molecule has 0 radical (unpaired) electrons. The first kappa shape index (κ1) is 10.3. The molecule has 1 atom stereocenters. The van der Waals surface area contributed by atoms with Gasteiger partial charge < -0.3 is 5.32 Å². The third-order valence-corrected chi connectivity index (χ3v) is 2.67. The molecule has 0 amide bonds. The highest BCUT2D eigenvalue weighted by Gasteiger charge is 2.16. The van der Waals surface area contributed by atoms with Crippen molar-refractivity contribution in [2.75, 3.05) is 7.05 Å². The molecule has 3 heteroatoms. The van der Waals surface area contributed by atoms with E-state index in [-0.39, 0.29) is 0 Å². The minimum Gasteiger partial charge on any atom is -0.313 e. The average molecular weight is 181 g/mol. The van der Waals surface area contributed by atoms with Crippen LogP contribution in [0.3, 0.4) is 0 Å². The van der Waals surface area contributed by atoms with Crippen molar-refractivity contribution in [3.63, 3.8) is 0 Å². The number of aryl methyl sites for hydroxylation is 2.